The highest BCUT2D eigenvalue weighted by atomic mass is 16.2. The van der Waals surface area contributed by atoms with Gasteiger partial charge in [-0.3, -0.25) is 14.4 Å². The molecule has 0 atom stereocenters. The molecule has 0 aliphatic carbocycles. The third-order valence-electron chi connectivity index (χ3n) is 5.03. The lowest BCUT2D eigenvalue weighted by Crippen LogP contribution is -2.51. The number of amides is 2. The van der Waals surface area contributed by atoms with Crippen LogP contribution < -0.4 is 10.2 Å². The minimum Gasteiger partial charge on any atom is -0.368 e. The molecule has 0 spiro atoms. The van der Waals surface area contributed by atoms with E-state index in [2.05, 4.69) is 41.4 Å². The smallest absolute Gasteiger partial charge is 0.292 e. The zero-order valence-electron chi connectivity index (χ0n) is 16.3. The zero-order valence-corrected chi connectivity index (χ0v) is 16.3. The molecule has 2 amide bonds. The second-order valence-electron chi connectivity index (χ2n) is 7.03. The van der Waals surface area contributed by atoms with Crippen LogP contribution in [-0.2, 0) is 9.59 Å². The van der Waals surface area contributed by atoms with Crippen molar-refractivity contribution < 1.29 is 14.4 Å². The maximum atomic E-state index is 12.4. The molecule has 3 rings (SSSR count). The fourth-order valence-corrected chi connectivity index (χ4v) is 3.27. The molecule has 0 unspecified atom stereocenters. The highest BCUT2D eigenvalue weighted by molar-refractivity contribution is 6.43. The van der Waals surface area contributed by atoms with Gasteiger partial charge >= 0.3 is 0 Å². The molecule has 146 valence electrons. The summed E-state index contributed by atoms with van der Waals surface area (Å²) < 4.78 is 0. The van der Waals surface area contributed by atoms with Crippen LogP contribution in [0.4, 0.5) is 5.69 Å². The minimum atomic E-state index is -0.749. The Morgan fingerprint density at radius 1 is 0.893 bits per heavy atom. The molecule has 1 aliphatic heterocycles. The summed E-state index contributed by atoms with van der Waals surface area (Å²) in [5.74, 6) is -1.54. The normalized spacial score (nSPS) is 13.9. The van der Waals surface area contributed by atoms with Crippen molar-refractivity contribution in [1.29, 1.82) is 0 Å². The molecule has 1 N–H and O–H groups in total. The van der Waals surface area contributed by atoms with Crippen LogP contribution in [0.2, 0.25) is 0 Å². The maximum absolute atomic E-state index is 12.4. The molecule has 1 aliphatic rings. The first-order chi connectivity index (χ1) is 13.5. The van der Waals surface area contributed by atoms with Crippen molar-refractivity contribution in [3.05, 3.63) is 65.2 Å². The van der Waals surface area contributed by atoms with Crippen molar-refractivity contribution in [3.8, 4) is 0 Å². The van der Waals surface area contributed by atoms with E-state index in [0.29, 0.717) is 18.7 Å². The number of Topliss-reactive ketones (excluding diaryl/α,β-unsaturated/α-hetero) is 1. The first kappa shape index (κ1) is 19.6. The predicted octanol–water partition coefficient (Wildman–Crippen LogP) is 1.95. The number of carbonyl (C=O) groups is 3. The van der Waals surface area contributed by atoms with Crippen molar-refractivity contribution in [2.75, 3.05) is 37.6 Å². The van der Waals surface area contributed by atoms with Crippen molar-refractivity contribution in [3.63, 3.8) is 0 Å². The number of hydrogen-bond donors (Lipinski definition) is 1. The zero-order chi connectivity index (χ0) is 20.1. The van der Waals surface area contributed by atoms with Gasteiger partial charge in [-0.1, -0.05) is 42.0 Å². The number of nitrogens with one attached hydrogen (secondary N) is 1. The molecule has 0 aromatic heterocycles. The van der Waals surface area contributed by atoms with Crippen LogP contribution in [0.25, 0.3) is 0 Å². The summed E-state index contributed by atoms with van der Waals surface area (Å²) in [7, 11) is 0. The quantitative estimate of drug-likeness (QED) is 0.637. The van der Waals surface area contributed by atoms with Crippen molar-refractivity contribution in [2.45, 2.75) is 13.8 Å². The predicted molar refractivity (Wildman–Crippen MR) is 108 cm³/mol. The lowest BCUT2D eigenvalue weighted by Gasteiger charge is -2.36. The van der Waals surface area contributed by atoms with Crippen LogP contribution in [0.5, 0.6) is 0 Å². The summed E-state index contributed by atoms with van der Waals surface area (Å²) >= 11 is 0. The van der Waals surface area contributed by atoms with Gasteiger partial charge in [0.2, 0.25) is 11.7 Å². The average Bonchev–Trinajstić information content (AvgIpc) is 2.72. The number of piperazine rings is 1. The molecule has 0 radical (unpaired) electrons. The molecule has 1 fully saturated rings. The monoisotopic (exact) mass is 379 g/mol. The van der Waals surface area contributed by atoms with Crippen LogP contribution in [0, 0.1) is 13.8 Å². The Hall–Kier alpha value is -3.15. The maximum Gasteiger partial charge on any atom is 0.292 e. The number of benzene rings is 2. The number of anilines is 1. The molecule has 0 bridgehead atoms. The van der Waals surface area contributed by atoms with Crippen LogP contribution in [-0.4, -0.2) is 55.2 Å². The number of aryl methyl sites for hydroxylation is 2. The van der Waals surface area contributed by atoms with Crippen LogP contribution in [0.15, 0.2) is 48.5 Å². The van der Waals surface area contributed by atoms with Crippen LogP contribution >= 0.6 is 0 Å². The summed E-state index contributed by atoms with van der Waals surface area (Å²) in [4.78, 5) is 40.7. The van der Waals surface area contributed by atoms with Gasteiger partial charge in [0.05, 0.1) is 6.54 Å². The first-order valence-electron chi connectivity index (χ1n) is 9.43. The SMILES string of the molecule is Cc1ccc(N2CCN(C(=O)CNC(=O)C(=O)c3ccccc3C)CC2)cc1. The minimum absolute atomic E-state index is 0.166. The molecule has 6 nitrogen and oxygen atoms in total. The third-order valence-corrected chi connectivity index (χ3v) is 5.03. The summed E-state index contributed by atoms with van der Waals surface area (Å²) in [5.41, 5.74) is 3.46. The molecular weight excluding hydrogens is 354 g/mol. The summed E-state index contributed by atoms with van der Waals surface area (Å²) in [6, 6.07) is 15.2. The second-order valence-corrected chi connectivity index (χ2v) is 7.03. The summed E-state index contributed by atoms with van der Waals surface area (Å²) in [6.45, 7) is 6.33. The Morgan fingerprint density at radius 2 is 1.54 bits per heavy atom. The lowest BCUT2D eigenvalue weighted by atomic mass is 10.0. The molecule has 28 heavy (non-hydrogen) atoms. The van der Waals surface area contributed by atoms with Crippen LogP contribution in [0.3, 0.4) is 0 Å². The molecule has 2 aromatic carbocycles. The van der Waals surface area contributed by atoms with Gasteiger partial charge in [-0.15, -0.1) is 0 Å². The van der Waals surface area contributed by atoms with E-state index in [1.54, 1.807) is 30.0 Å². The summed E-state index contributed by atoms with van der Waals surface area (Å²) in [6.07, 6.45) is 0. The van der Waals surface area contributed by atoms with E-state index >= 15 is 0 Å². The number of nitrogens with zero attached hydrogens (tertiary/aromatic N) is 2. The van der Waals surface area contributed by atoms with Crippen molar-refractivity contribution in [2.24, 2.45) is 0 Å². The fraction of sp³-hybridized carbons (Fsp3) is 0.318. The first-order valence-corrected chi connectivity index (χ1v) is 9.43. The Balaban J connectivity index is 1.48. The van der Waals surface area contributed by atoms with Gasteiger partial charge < -0.3 is 15.1 Å². The van der Waals surface area contributed by atoms with Gasteiger partial charge in [0.1, 0.15) is 0 Å². The van der Waals surface area contributed by atoms with E-state index in [1.807, 2.05) is 6.07 Å². The van der Waals surface area contributed by atoms with E-state index in [1.165, 1.54) is 5.56 Å². The van der Waals surface area contributed by atoms with E-state index < -0.39 is 11.7 Å². The van der Waals surface area contributed by atoms with E-state index in [4.69, 9.17) is 0 Å². The van der Waals surface area contributed by atoms with Crippen molar-refractivity contribution >= 4 is 23.3 Å². The number of ketones is 1. The van der Waals surface area contributed by atoms with Gasteiger partial charge in [0, 0.05) is 37.4 Å². The average molecular weight is 379 g/mol. The van der Waals surface area contributed by atoms with Gasteiger partial charge in [0.15, 0.2) is 0 Å². The largest absolute Gasteiger partial charge is 0.368 e. The Bertz CT molecular complexity index is 869. The van der Waals surface area contributed by atoms with E-state index in [-0.39, 0.29) is 12.5 Å². The number of hydrogen-bond acceptors (Lipinski definition) is 4. The van der Waals surface area contributed by atoms with Gasteiger partial charge in [-0.25, -0.2) is 0 Å². The standard InChI is InChI=1S/C22H25N3O3/c1-16-7-9-18(10-8-16)24-11-13-25(14-12-24)20(26)15-23-22(28)21(27)19-6-4-3-5-17(19)2/h3-10H,11-15H2,1-2H3,(H,23,28). The summed E-state index contributed by atoms with van der Waals surface area (Å²) in [5, 5.41) is 2.46. The Labute approximate surface area is 165 Å². The Morgan fingerprint density at radius 3 is 2.18 bits per heavy atom. The Kier molecular flexibility index (Phi) is 6.09. The molecule has 6 heteroatoms. The second kappa shape index (κ2) is 8.69. The molecule has 1 saturated heterocycles. The van der Waals surface area contributed by atoms with Gasteiger partial charge in [-0.05, 0) is 31.5 Å². The highest BCUT2D eigenvalue weighted by Crippen LogP contribution is 2.17. The molecular formula is C22H25N3O3. The molecule has 2 aromatic rings. The number of carbonyl (C=O) groups excluding carboxylic acids is 3. The highest BCUT2D eigenvalue weighted by Gasteiger charge is 2.23. The third kappa shape index (κ3) is 4.57. The van der Waals surface area contributed by atoms with Crippen LogP contribution in [0.1, 0.15) is 21.5 Å². The molecule has 1 heterocycles. The van der Waals surface area contributed by atoms with E-state index in [9.17, 15) is 14.4 Å². The molecule has 0 saturated carbocycles. The van der Waals surface area contributed by atoms with Crippen molar-refractivity contribution in [1.82, 2.24) is 10.2 Å². The number of rotatable bonds is 5. The van der Waals surface area contributed by atoms with Gasteiger partial charge in [0.25, 0.3) is 5.91 Å². The fourth-order valence-electron chi connectivity index (χ4n) is 3.27. The lowest BCUT2D eigenvalue weighted by molar-refractivity contribution is -0.132. The van der Waals surface area contributed by atoms with E-state index in [0.717, 1.165) is 24.3 Å². The topological polar surface area (TPSA) is 69.7 Å². The van der Waals surface area contributed by atoms with Gasteiger partial charge in [-0.2, -0.15) is 0 Å².